The lowest BCUT2D eigenvalue weighted by molar-refractivity contribution is 0.990. The first-order chi connectivity index (χ1) is 10.8. The van der Waals surface area contributed by atoms with Gasteiger partial charge in [-0.15, -0.1) is 0 Å². The highest BCUT2D eigenvalue weighted by Crippen LogP contribution is 2.48. The highest BCUT2D eigenvalue weighted by molar-refractivity contribution is 6.16. The number of hydrogen-bond donors (Lipinski definition) is 0. The Morgan fingerprint density at radius 2 is 1.59 bits per heavy atom. The second-order valence-corrected chi connectivity index (χ2v) is 6.09. The lowest BCUT2D eigenvalue weighted by Gasteiger charge is -2.12. The molecule has 0 aliphatic heterocycles. The van der Waals surface area contributed by atoms with E-state index < -0.39 is 0 Å². The molecule has 0 saturated carbocycles. The second kappa shape index (κ2) is 5.14. The molecule has 0 nitrogen and oxygen atoms in total. The average molecular weight is 284 g/mol. The smallest absolute Gasteiger partial charge is 0.00235 e. The zero-order valence-electron chi connectivity index (χ0n) is 13.2. The van der Waals surface area contributed by atoms with Gasteiger partial charge in [0.15, 0.2) is 0 Å². The normalized spacial score (nSPS) is 12.3. The Hall–Kier alpha value is -2.34. The Kier molecular flexibility index (Phi) is 3.11. The van der Waals surface area contributed by atoms with Gasteiger partial charge in [-0.2, -0.15) is 0 Å². The molecule has 1 aliphatic carbocycles. The highest BCUT2D eigenvalue weighted by atomic mass is 14.3. The van der Waals surface area contributed by atoms with Crippen LogP contribution in [-0.2, 0) is 6.42 Å². The van der Waals surface area contributed by atoms with Crippen LogP contribution in [0.1, 0.15) is 24.5 Å². The van der Waals surface area contributed by atoms with Crippen LogP contribution >= 0.6 is 0 Å². The zero-order valence-corrected chi connectivity index (χ0v) is 13.2. The van der Waals surface area contributed by atoms with Crippen molar-refractivity contribution in [3.8, 4) is 22.3 Å². The number of rotatable bonds is 3. The minimum Gasteiger partial charge on any atom is -0.0917 e. The van der Waals surface area contributed by atoms with Gasteiger partial charge in [0.05, 0.1) is 0 Å². The third-order valence-electron chi connectivity index (χ3n) is 4.86. The quantitative estimate of drug-likeness (QED) is 0.387. The fourth-order valence-corrected chi connectivity index (χ4v) is 3.74. The Balaban J connectivity index is 1.99. The molecule has 22 heavy (non-hydrogen) atoms. The standard InChI is InChI=1S/C22H20/c1-3-4-5-9-16-14-21-19-11-7-6-10-18(19)20-13-8-12-17(15(16)2)22(20)21/h3-4,6-8,10-14H,5,9H2,1-2H3. The zero-order chi connectivity index (χ0) is 15.1. The predicted molar refractivity (Wildman–Crippen MR) is 96.3 cm³/mol. The van der Waals surface area contributed by atoms with Crippen molar-refractivity contribution in [2.24, 2.45) is 0 Å². The minimum atomic E-state index is 1.11. The molecule has 3 aromatic rings. The first-order valence-corrected chi connectivity index (χ1v) is 8.07. The number of benzene rings is 3. The third kappa shape index (κ3) is 1.84. The van der Waals surface area contributed by atoms with Gasteiger partial charge in [-0.1, -0.05) is 60.7 Å². The average Bonchev–Trinajstić information content (AvgIpc) is 2.88. The van der Waals surface area contributed by atoms with Crippen LogP contribution < -0.4 is 0 Å². The Morgan fingerprint density at radius 1 is 0.864 bits per heavy atom. The van der Waals surface area contributed by atoms with E-state index in [4.69, 9.17) is 0 Å². The van der Waals surface area contributed by atoms with E-state index in [1.807, 2.05) is 0 Å². The van der Waals surface area contributed by atoms with E-state index in [1.54, 1.807) is 0 Å². The number of hydrogen-bond acceptors (Lipinski definition) is 0. The first-order valence-electron chi connectivity index (χ1n) is 8.07. The summed E-state index contributed by atoms with van der Waals surface area (Å²) in [7, 11) is 0. The van der Waals surface area contributed by atoms with Gasteiger partial charge in [0.2, 0.25) is 0 Å². The van der Waals surface area contributed by atoms with Crippen molar-refractivity contribution in [2.45, 2.75) is 26.7 Å². The van der Waals surface area contributed by atoms with Crippen molar-refractivity contribution in [1.82, 2.24) is 0 Å². The summed E-state index contributed by atoms with van der Waals surface area (Å²) in [6.07, 6.45) is 6.63. The number of fused-ring (bicyclic) bond motifs is 3. The Labute approximate surface area is 132 Å². The van der Waals surface area contributed by atoms with Crippen LogP contribution in [0.2, 0.25) is 0 Å². The fourth-order valence-electron chi connectivity index (χ4n) is 3.74. The molecule has 0 aromatic heterocycles. The lowest BCUT2D eigenvalue weighted by atomic mass is 9.92. The second-order valence-electron chi connectivity index (χ2n) is 6.09. The van der Waals surface area contributed by atoms with Gasteiger partial charge >= 0.3 is 0 Å². The lowest BCUT2D eigenvalue weighted by Crippen LogP contribution is -1.92. The van der Waals surface area contributed by atoms with Crippen molar-refractivity contribution >= 4 is 10.8 Å². The Morgan fingerprint density at radius 3 is 2.36 bits per heavy atom. The van der Waals surface area contributed by atoms with Crippen molar-refractivity contribution in [2.75, 3.05) is 0 Å². The fraction of sp³-hybridized carbons (Fsp3) is 0.182. The van der Waals surface area contributed by atoms with E-state index >= 15 is 0 Å². The molecule has 0 atom stereocenters. The molecule has 0 bridgehead atoms. The first kappa shape index (κ1) is 13.3. The molecule has 0 amide bonds. The van der Waals surface area contributed by atoms with E-state index in [2.05, 4.69) is 74.5 Å². The van der Waals surface area contributed by atoms with Crippen LogP contribution in [0.25, 0.3) is 33.0 Å². The van der Waals surface area contributed by atoms with E-state index in [9.17, 15) is 0 Å². The van der Waals surface area contributed by atoms with Crippen LogP contribution in [0, 0.1) is 6.92 Å². The van der Waals surface area contributed by atoms with Gasteiger partial charge < -0.3 is 0 Å². The van der Waals surface area contributed by atoms with Crippen molar-refractivity contribution < 1.29 is 0 Å². The van der Waals surface area contributed by atoms with E-state index in [0.29, 0.717) is 0 Å². The van der Waals surface area contributed by atoms with Gasteiger partial charge in [0, 0.05) is 0 Å². The van der Waals surface area contributed by atoms with Crippen LogP contribution in [0.4, 0.5) is 0 Å². The minimum absolute atomic E-state index is 1.11. The molecule has 0 fully saturated rings. The molecule has 0 saturated heterocycles. The van der Waals surface area contributed by atoms with Crippen molar-refractivity contribution in [1.29, 1.82) is 0 Å². The van der Waals surface area contributed by atoms with Crippen molar-refractivity contribution in [3.05, 3.63) is 71.8 Å². The van der Waals surface area contributed by atoms with Crippen LogP contribution in [0.15, 0.2) is 60.7 Å². The largest absolute Gasteiger partial charge is 0.0917 e. The molecule has 0 unspecified atom stereocenters. The molecule has 108 valence electrons. The highest BCUT2D eigenvalue weighted by Gasteiger charge is 2.22. The molecule has 0 radical (unpaired) electrons. The summed E-state index contributed by atoms with van der Waals surface area (Å²) in [6, 6.07) is 18.0. The van der Waals surface area contributed by atoms with Gasteiger partial charge in [-0.25, -0.2) is 0 Å². The topological polar surface area (TPSA) is 0 Å². The third-order valence-corrected chi connectivity index (χ3v) is 4.86. The molecular weight excluding hydrogens is 264 g/mol. The molecule has 0 heteroatoms. The molecule has 0 spiro atoms. The SMILES string of the molecule is CC=CCCc1cc2c3c(cccc3c1C)-c1ccccc1-2. The monoisotopic (exact) mass is 284 g/mol. The summed E-state index contributed by atoms with van der Waals surface area (Å²) in [5, 5.41) is 2.86. The summed E-state index contributed by atoms with van der Waals surface area (Å²) in [6.45, 7) is 4.37. The molecule has 1 aliphatic rings. The van der Waals surface area contributed by atoms with Crippen LogP contribution in [-0.4, -0.2) is 0 Å². The molecule has 0 N–H and O–H groups in total. The maximum absolute atomic E-state index is 2.43. The maximum atomic E-state index is 2.43. The van der Waals surface area contributed by atoms with Gasteiger partial charge in [0.1, 0.15) is 0 Å². The van der Waals surface area contributed by atoms with Gasteiger partial charge in [-0.3, -0.25) is 0 Å². The van der Waals surface area contributed by atoms with Gasteiger partial charge in [-0.05, 0) is 70.8 Å². The van der Waals surface area contributed by atoms with Crippen LogP contribution in [0.5, 0.6) is 0 Å². The van der Waals surface area contributed by atoms with Crippen molar-refractivity contribution in [3.63, 3.8) is 0 Å². The number of allylic oxidation sites excluding steroid dienone is 2. The summed E-state index contributed by atoms with van der Waals surface area (Å²) in [4.78, 5) is 0. The summed E-state index contributed by atoms with van der Waals surface area (Å²) >= 11 is 0. The summed E-state index contributed by atoms with van der Waals surface area (Å²) in [5.74, 6) is 0. The summed E-state index contributed by atoms with van der Waals surface area (Å²) < 4.78 is 0. The van der Waals surface area contributed by atoms with Gasteiger partial charge in [0.25, 0.3) is 0 Å². The molecular formula is C22H20. The Bertz CT molecular complexity index is 897. The number of aryl methyl sites for hydroxylation is 2. The predicted octanol–water partition coefficient (Wildman–Crippen LogP) is 6.30. The van der Waals surface area contributed by atoms with Crippen LogP contribution in [0.3, 0.4) is 0 Å². The molecule has 4 rings (SSSR count). The molecule has 3 aromatic carbocycles. The molecule has 0 heterocycles. The van der Waals surface area contributed by atoms with E-state index in [-0.39, 0.29) is 0 Å². The maximum Gasteiger partial charge on any atom is -0.00235 e. The van der Waals surface area contributed by atoms with E-state index in [0.717, 1.165) is 12.8 Å². The summed E-state index contributed by atoms with van der Waals surface area (Å²) in [5.41, 5.74) is 8.51. The van der Waals surface area contributed by atoms with E-state index in [1.165, 1.54) is 44.2 Å².